The van der Waals surface area contributed by atoms with Crippen molar-refractivity contribution in [2.75, 3.05) is 11.6 Å². The Morgan fingerprint density at radius 1 is 1.00 bits per heavy atom. The number of anilines is 1. The monoisotopic (exact) mass is 447 g/mol. The highest BCUT2D eigenvalue weighted by molar-refractivity contribution is 9.10. The van der Waals surface area contributed by atoms with Gasteiger partial charge >= 0.3 is 5.63 Å². The molecule has 1 aliphatic heterocycles. The lowest BCUT2D eigenvalue weighted by atomic mass is 9.99. The maximum absolute atomic E-state index is 12.4. The Balaban J connectivity index is 1.66. The van der Waals surface area contributed by atoms with Gasteiger partial charge in [-0.15, -0.1) is 0 Å². The standard InChI is InChI=1S/C24H18BrNO3/c1-15-11-17(25)7-9-21(15)26-13-20-22(28-14-26)10-8-18-19(12-23(27)29-24(18)20)16-5-3-2-4-6-16/h2-12H,13-14H2,1H3. The molecule has 0 radical (unpaired) electrons. The summed E-state index contributed by atoms with van der Waals surface area (Å²) in [6.07, 6.45) is 0. The van der Waals surface area contributed by atoms with E-state index in [1.807, 2.05) is 48.5 Å². The van der Waals surface area contributed by atoms with Crippen LogP contribution in [0.1, 0.15) is 11.1 Å². The normalized spacial score (nSPS) is 13.2. The molecule has 0 atom stereocenters. The first kappa shape index (κ1) is 18.0. The molecule has 29 heavy (non-hydrogen) atoms. The van der Waals surface area contributed by atoms with Gasteiger partial charge in [-0.05, 0) is 53.9 Å². The zero-order valence-corrected chi connectivity index (χ0v) is 17.4. The van der Waals surface area contributed by atoms with Crippen LogP contribution in [-0.4, -0.2) is 6.73 Å². The molecule has 0 aliphatic carbocycles. The molecule has 0 saturated heterocycles. The van der Waals surface area contributed by atoms with Crippen LogP contribution in [0.5, 0.6) is 5.75 Å². The highest BCUT2D eigenvalue weighted by Crippen LogP contribution is 2.37. The van der Waals surface area contributed by atoms with Crippen molar-refractivity contribution >= 4 is 32.6 Å². The van der Waals surface area contributed by atoms with E-state index in [1.165, 1.54) is 0 Å². The van der Waals surface area contributed by atoms with Gasteiger partial charge < -0.3 is 14.1 Å². The second-order valence-corrected chi connectivity index (χ2v) is 8.08. The Labute approximate surface area is 176 Å². The third-order valence-corrected chi connectivity index (χ3v) is 5.77. The van der Waals surface area contributed by atoms with Gasteiger partial charge in [-0.1, -0.05) is 46.3 Å². The van der Waals surface area contributed by atoms with Gasteiger partial charge in [0.1, 0.15) is 11.3 Å². The summed E-state index contributed by atoms with van der Waals surface area (Å²) in [5.74, 6) is 0.761. The molecule has 1 aromatic heterocycles. The molecule has 3 aromatic carbocycles. The number of fused-ring (bicyclic) bond motifs is 3. The first-order valence-electron chi connectivity index (χ1n) is 9.39. The van der Waals surface area contributed by atoms with Gasteiger partial charge in [-0.2, -0.15) is 0 Å². The average Bonchev–Trinajstić information content (AvgIpc) is 2.73. The highest BCUT2D eigenvalue weighted by atomic mass is 79.9. The fraction of sp³-hybridized carbons (Fsp3) is 0.125. The molecule has 0 N–H and O–H groups in total. The van der Waals surface area contributed by atoms with Crippen molar-refractivity contribution in [2.45, 2.75) is 13.5 Å². The van der Waals surface area contributed by atoms with Gasteiger partial charge in [0, 0.05) is 21.6 Å². The van der Waals surface area contributed by atoms with Crippen LogP contribution in [0, 0.1) is 6.92 Å². The third-order valence-electron chi connectivity index (χ3n) is 5.28. The second-order valence-electron chi connectivity index (χ2n) is 7.17. The zero-order valence-electron chi connectivity index (χ0n) is 15.8. The third kappa shape index (κ3) is 3.21. The molecule has 4 aromatic rings. The van der Waals surface area contributed by atoms with Crippen LogP contribution in [0.4, 0.5) is 5.69 Å². The number of nitrogens with zero attached hydrogens (tertiary/aromatic N) is 1. The minimum Gasteiger partial charge on any atom is -0.473 e. The lowest BCUT2D eigenvalue weighted by Crippen LogP contribution is -2.32. The summed E-state index contributed by atoms with van der Waals surface area (Å²) >= 11 is 3.52. The number of aryl methyl sites for hydroxylation is 1. The van der Waals surface area contributed by atoms with E-state index in [9.17, 15) is 4.79 Å². The molecule has 0 unspecified atom stereocenters. The Morgan fingerprint density at radius 3 is 2.62 bits per heavy atom. The Bertz CT molecular complexity index is 1280. The van der Waals surface area contributed by atoms with Crippen molar-refractivity contribution in [3.05, 3.63) is 92.7 Å². The molecule has 1 aliphatic rings. The van der Waals surface area contributed by atoms with E-state index in [4.69, 9.17) is 9.15 Å². The molecule has 2 heterocycles. The van der Waals surface area contributed by atoms with E-state index in [-0.39, 0.29) is 5.63 Å². The summed E-state index contributed by atoms with van der Waals surface area (Å²) < 4.78 is 12.8. The molecule has 144 valence electrons. The van der Waals surface area contributed by atoms with Crippen LogP contribution in [0.15, 0.2) is 80.4 Å². The second kappa shape index (κ2) is 7.08. The van der Waals surface area contributed by atoms with Crippen molar-refractivity contribution in [2.24, 2.45) is 0 Å². The van der Waals surface area contributed by atoms with Gasteiger partial charge in [0.05, 0.1) is 12.1 Å². The predicted octanol–water partition coefficient (Wildman–Crippen LogP) is 5.89. The van der Waals surface area contributed by atoms with Crippen LogP contribution >= 0.6 is 15.9 Å². The lowest BCUT2D eigenvalue weighted by Gasteiger charge is -2.32. The summed E-state index contributed by atoms with van der Waals surface area (Å²) in [5, 5.41) is 0.910. The van der Waals surface area contributed by atoms with Crippen molar-refractivity contribution in [1.82, 2.24) is 0 Å². The SMILES string of the molecule is Cc1cc(Br)ccc1N1COc2ccc3c(-c4ccccc4)cc(=O)oc3c2C1. The Kier molecular flexibility index (Phi) is 4.40. The molecule has 5 heteroatoms. The fourth-order valence-corrected chi connectivity index (χ4v) is 4.39. The van der Waals surface area contributed by atoms with E-state index in [2.05, 4.69) is 39.9 Å². The van der Waals surface area contributed by atoms with E-state index in [0.717, 1.165) is 43.5 Å². The molecule has 5 rings (SSSR count). The number of halogens is 1. The van der Waals surface area contributed by atoms with E-state index in [1.54, 1.807) is 6.07 Å². The fourth-order valence-electron chi connectivity index (χ4n) is 3.92. The maximum Gasteiger partial charge on any atom is 0.336 e. The molecule has 0 bridgehead atoms. The molecule has 0 spiro atoms. The van der Waals surface area contributed by atoms with Crippen molar-refractivity contribution in [3.63, 3.8) is 0 Å². The molecular weight excluding hydrogens is 430 g/mol. The molecular formula is C24H18BrNO3. The van der Waals surface area contributed by atoms with Gasteiger partial charge in [0.25, 0.3) is 0 Å². The first-order chi connectivity index (χ1) is 14.1. The summed E-state index contributed by atoms with van der Waals surface area (Å²) in [7, 11) is 0. The van der Waals surface area contributed by atoms with Gasteiger partial charge in [0.15, 0.2) is 6.73 Å². The minimum absolute atomic E-state index is 0.360. The molecule has 4 nitrogen and oxygen atoms in total. The van der Waals surface area contributed by atoms with Crippen LogP contribution < -0.4 is 15.3 Å². The van der Waals surface area contributed by atoms with Crippen molar-refractivity contribution < 1.29 is 9.15 Å². The van der Waals surface area contributed by atoms with E-state index in [0.29, 0.717) is 18.9 Å². The smallest absolute Gasteiger partial charge is 0.336 e. The minimum atomic E-state index is -0.360. The summed E-state index contributed by atoms with van der Waals surface area (Å²) in [4.78, 5) is 14.5. The van der Waals surface area contributed by atoms with Crippen LogP contribution in [0.2, 0.25) is 0 Å². The number of benzene rings is 3. The molecule has 0 saturated carbocycles. The number of ether oxygens (including phenoxy) is 1. The van der Waals surface area contributed by atoms with Gasteiger partial charge in [-0.25, -0.2) is 4.79 Å². The number of rotatable bonds is 2. The first-order valence-corrected chi connectivity index (χ1v) is 10.2. The highest BCUT2D eigenvalue weighted by Gasteiger charge is 2.23. The van der Waals surface area contributed by atoms with Gasteiger partial charge in [0.2, 0.25) is 0 Å². The summed E-state index contributed by atoms with van der Waals surface area (Å²) in [6, 6.07) is 21.6. The lowest BCUT2D eigenvalue weighted by molar-refractivity contribution is 0.289. The number of hydrogen-bond donors (Lipinski definition) is 0. The van der Waals surface area contributed by atoms with Crippen molar-refractivity contribution in [3.8, 4) is 16.9 Å². The van der Waals surface area contributed by atoms with E-state index < -0.39 is 0 Å². The van der Waals surface area contributed by atoms with Crippen LogP contribution in [0.3, 0.4) is 0 Å². The number of hydrogen-bond acceptors (Lipinski definition) is 4. The zero-order chi connectivity index (χ0) is 20.0. The van der Waals surface area contributed by atoms with Crippen LogP contribution in [0.25, 0.3) is 22.1 Å². The maximum atomic E-state index is 12.4. The topological polar surface area (TPSA) is 42.7 Å². The Hall–Kier alpha value is -3.05. The Morgan fingerprint density at radius 2 is 1.83 bits per heavy atom. The predicted molar refractivity (Wildman–Crippen MR) is 118 cm³/mol. The van der Waals surface area contributed by atoms with Crippen LogP contribution in [-0.2, 0) is 6.54 Å². The molecule has 0 amide bonds. The van der Waals surface area contributed by atoms with Crippen molar-refractivity contribution in [1.29, 1.82) is 0 Å². The largest absolute Gasteiger partial charge is 0.473 e. The molecule has 0 fully saturated rings. The summed E-state index contributed by atoms with van der Waals surface area (Å²) in [6.45, 7) is 3.13. The quantitative estimate of drug-likeness (QED) is 0.359. The summed E-state index contributed by atoms with van der Waals surface area (Å²) in [5.41, 5.74) is 5.23. The average molecular weight is 448 g/mol. The van der Waals surface area contributed by atoms with Gasteiger partial charge in [-0.3, -0.25) is 0 Å². The van der Waals surface area contributed by atoms with E-state index >= 15 is 0 Å².